The lowest BCUT2D eigenvalue weighted by Gasteiger charge is -2.22. The van der Waals surface area contributed by atoms with Gasteiger partial charge in [-0.05, 0) is 44.6 Å². The fourth-order valence-electron chi connectivity index (χ4n) is 2.10. The Kier molecular flexibility index (Phi) is 7.31. The monoisotopic (exact) mass is 287 g/mol. The summed E-state index contributed by atoms with van der Waals surface area (Å²) in [6, 6.07) is 4.77. The van der Waals surface area contributed by atoms with Crippen LogP contribution in [0.3, 0.4) is 0 Å². The van der Waals surface area contributed by atoms with Crippen molar-refractivity contribution >= 4 is 11.6 Å². The minimum absolute atomic E-state index is 0.0231. The highest BCUT2D eigenvalue weighted by Gasteiger charge is 2.14. The molecule has 1 atom stereocenters. The molecule has 19 heavy (non-hydrogen) atoms. The first-order chi connectivity index (χ1) is 9.12. The SMILES string of the molecule is CCN(CC)CCC(Cc1c(F)cccc1Cl)NN. The number of nitrogens with zero attached hydrogens (tertiary/aromatic N) is 1. The van der Waals surface area contributed by atoms with Crippen molar-refractivity contribution in [3.05, 3.63) is 34.6 Å². The number of benzene rings is 1. The van der Waals surface area contributed by atoms with Gasteiger partial charge in [0.15, 0.2) is 0 Å². The molecule has 0 heterocycles. The Labute approximate surface area is 119 Å². The Morgan fingerprint density at radius 2 is 2.05 bits per heavy atom. The van der Waals surface area contributed by atoms with Gasteiger partial charge in [0.05, 0.1) is 0 Å². The van der Waals surface area contributed by atoms with Gasteiger partial charge < -0.3 is 4.90 Å². The average molecular weight is 288 g/mol. The van der Waals surface area contributed by atoms with Gasteiger partial charge in [0, 0.05) is 16.6 Å². The maximum Gasteiger partial charge on any atom is 0.127 e. The van der Waals surface area contributed by atoms with Crippen LogP contribution < -0.4 is 11.3 Å². The third-order valence-corrected chi connectivity index (χ3v) is 3.79. The van der Waals surface area contributed by atoms with E-state index in [-0.39, 0.29) is 11.9 Å². The van der Waals surface area contributed by atoms with E-state index in [1.165, 1.54) is 6.07 Å². The first-order valence-electron chi connectivity index (χ1n) is 6.73. The van der Waals surface area contributed by atoms with E-state index in [9.17, 15) is 4.39 Å². The van der Waals surface area contributed by atoms with Crippen LogP contribution in [-0.4, -0.2) is 30.6 Å². The molecule has 1 rings (SSSR count). The van der Waals surface area contributed by atoms with Gasteiger partial charge in [-0.15, -0.1) is 0 Å². The van der Waals surface area contributed by atoms with Crippen LogP contribution in [0.25, 0.3) is 0 Å². The molecule has 0 saturated heterocycles. The van der Waals surface area contributed by atoms with Crippen molar-refractivity contribution in [2.24, 2.45) is 5.84 Å². The van der Waals surface area contributed by atoms with Crippen molar-refractivity contribution in [2.75, 3.05) is 19.6 Å². The summed E-state index contributed by atoms with van der Waals surface area (Å²) in [5.41, 5.74) is 3.29. The molecule has 0 aliphatic rings. The van der Waals surface area contributed by atoms with E-state index in [4.69, 9.17) is 17.4 Å². The molecule has 1 aromatic rings. The fraction of sp³-hybridized carbons (Fsp3) is 0.571. The summed E-state index contributed by atoms with van der Waals surface area (Å²) in [6.45, 7) is 7.21. The number of hydrogen-bond acceptors (Lipinski definition) is 3. The maximum absolute atomic E-state index is 13.7. The van der Waals surface area contributed by atoms with E-state index in [1.54, 1.807) is 12.1 Å². The van der Waals surface area contributed by atoms with Gasteiger partial charge >= 0.3 is 0 Å². The molecule has 0 amide bonds. The Morgan fingerprint density at radius 1 is 1.37 bits per heavy atom. The Bertz CT molecular complexity index is 363. The summed E-state index contributed by atoms with van der Waals surface area (Å²) in [5, 5.41) is 0.461. The highest BCUT2D eigenvalue weighted by Crippen LogP contribution is 2.21. The lowest BCUT2D eigenvalue weighted by atomic mass is 10.0. The number of rotatable bonds is 8. The number of hydrogen-bond donors (Lipinski definition) is 2. The van der Waals surface area contributed by atoms with Crippen LogP contribution >= 0.6 is 11.6 Å². The largest absolute Gasteiger partial charge is 0.304 e. The van der Waals surface area contributed by atoms with Gasteiger partial charge in [0.1, 0.15) is 5.82 Å². The molecule has 0 spiro atoms. The lowest BCUT2D eigenvalue weighted by molar-refractivity contribution is 0.280. The normalized spacial score (nSPS) is 12.9. The molecule has 0 radical (unpaired) electrons. The van der Waals surface area contributed by atoms with Crippen molar-refractivity contribution in [1.82, 2.24) is 10.3 Å². The summed E-state index contributed by atoms with van der Waals surface area (Å²) in [5.74, 6) is 5.29. The van der Waals surface area contributed by atoms with Crippen LogP contribution in [0.4, 0.5) is 4.39 Å². The second-order valence-electron chi connectivity index (χ2n) is 4.58. The third-order valence-electron chi connectivity index (χ3n) is 3.44. The smallest absolute Gasteiger partial charge is 0.127 e. The summed E-state index contributed by atoms with van der Waals surface area (Å²) in [7, 11) is 0. The van der Waals surface area contributed by atoms with Crippen molar-refractivity contribution in [3.63, 3.8) is 0 Å². The molecule has 1 unspecified atom stereocenters. The quantitative estimate of drug-likeness (QED) is 0.570. The van der Waals surface area contributed by atoms with Gasteiger partial charge in [-0.25, -0.2) is 4.39 Å². The number of hydrazine groups is 1. The molecule has 5 heteroatoms. The second-order valence-corrected chi connectivity index (χ2v) is 4.99. The lowest BCUT2D eigenvalue weighted by Crippen LogP contribution is -2.40. The van der Waals surface area contributed by atoms with Crippen LogP contribution in [0, 0.1) is 5.82 Å². The zero-order valence-corrected chi connectivity index (χ0v) is 12.4. The molecule has 0 aromatic heterocycles. The maximum atomic E-state index is 13.7. The highest BCUT2D eigenvalue weighted by atomic mass is 35.5. The standard InChI is InChI=1S/C14H23ClFN3/c1-3-19(4-2)9-8-11(18-17)10-12-13(15)6-5-7-14(12)16/h5-7,11,18H,3-4,8-10,17H2,1-2H3. The van der Waals surface area contributed by atoms with Gasteiger partial charge in [-0.2, -0.15) is 0 Å². The number of nitrogens with two attached hydrogens (primary N) is 1. The molecular weight excluding hydrogens is 265 g/mol. The Morgan fingerprint density at radius 3 is 2.58 bits per heavy atom. The van der Waals surface area contributed by atoms with Gasteiger partial charge in [0.25, 0.3) is 0 Å². The molecule has 0 aliphatic heterocycles. The Balaban J connectivity index is 2.61. The summed E-state index contributed by atoms with van der Waals surface area (Å²) < 4.78 is 13.7. The predicted octanol–water partition coefficient (Wildman–Crippen LogP) is 2.59. The minimum atomic E-state index is -0.268. The molecular formula is C14H23ClFN3. The van der Waals surface area contributed by atoms with Crippen LogP contribution in [0.1, 0.15) is 25.8 Å². The van der Waals surface area contributed by atoms with Crippen molar-refractivity contribution < 1.29 is 4.39 Å². The van der Waals surface area contributed by atoms with Crippen molar-refractivity contribution in [1.29, 1.82) is 0 Å². The third kappa shape index (κ3) is 5.07. The van der Waals surface area contributed by atoms with E-state index in [2.05, 4.69) is 24.2 Å². The van der Waals surface area contributed by atoms with E-state index < -0.39 is 0 Å². The van der Waals surface area contributed by atoms with E-state index in [0.717, 1.165) is 26.1 Å². The molecule has 108 valence electrons. The van der Waals surface area contributed by atoms with Gasteiger partial charge in [-0.3, -0.25) is 11.3 Å². The molecule has 1 aromatic carbocycles. The first kappa shape index (κ1) is 16.4. The molecule has 0 saturated carbocycles. The Hall–Kier alpha value is -0.680. The summed E-state index contributed by atoms with van der Waals surface area (Å²) in [4.78, 5) is 2.31. The zero-order chi connectivity index (χ0) is 14.3. The van der Waals surface area contributed by atoms with Crippen molar-refractivity contribution in [2.45, 2.75) is 32.7 Å². The van der Waals surface area contributed by atoms with Crippen LogP contribution in [0.5, 0.6) is 0 Å². The van der Waals surface area contributed by atoms with Crippen molar-refractivity contribution in [3.8, 4) is 0 Å². The van der Waals surface area contributed by atoms with Crippen LogP contribution in [-0.2, 0) is 6.42 Å². The van der Waals surface area contributed by atoms with E-state index >= 15 is 0 Å². The second kappa shape index (κ2) is 8.48. The van der Waals surface area contributed by atoms with Crippen LogP contribution in [0.15, 0.2) is 18.2 Å². The number of nitrogens with one attached hydrogen (secondary N) is 1. The zero-order valence-electron chi connectivity index (χ0n) is 11.6. The molecule has 0 aliphatic carbocycles. The summed E-state index contributed by atoms with van der Waals surface area (Å²) >= 11 is 6.03. The minimum Gasteiger partial charge on any atom is -0.304 e. The molecule has 0 fully saturated rings. The molecule has 3 nitrogen and oxygen atoms in total. The fourth-order valence-corrected chi connectivity index (χ4v) is 2.34. The first-order valence-corrected chi connectivity index (χ1v) is 7.11. The van der Waals surface area contributed by atoms with Gasteiger partial charge in [0.2, 0.25) is 0 Å². The average Bonchev–Trinajstić information content (AvgIpc) is 2.41. The highest BCUT2D eigenvalue weighted by molar-refractivity contribution is 6.31. The number of halogens is 2. The molecule has 0 bridgehead atoms. The summed E-state index contributed by atoms with van der Waals surface area (Å²) in [6.07, 6.45) is 1.37. The topological polar surface area (TPSA) is 41.3 Å². The van der Waals surface area contributed by atoms with E-state index in [1.807, 2.05) is 0 Å². The van der Waals surface area contributed by atoms with Crippen LogP contribution in [0.2, 0.25) is 5.02 Å². The molecule has 3 N–H and O–H groups in total. The predicted molar refractivity (Wildman–Crippen MR) is 78.6 cm³/mol. The van der Waals surface area contributed by atoms with Gasteiger partial charge in [-0.1, -0.05) is 31.5 Å². The van der Waals surface area contributed by atoms with E-state index in [0.29, 0.717) is 17.0 Å².